The molecule has 0 spiro atoms. The molecule has 2 N–H and O–H groups in total. The second kappa shape index (κ2) is 4.07. The Bertz CT molecular complexity index is 412. The van der Waals surface area contributed by atoms with Crippen molar-refractivity contribution in [2.75, 3.05) is 30.8 Å². The first-order valence-electron chi connectivity index (χ1n) is 5.97. The summed E-state index contributed by atoms with van der Waals surface area (Å²) in [5.74, 6) is 1.43. The van der Waals surface area contributed by atoms with Gasteiger partial charge in [0.25, 0.3) is 0 Å². The lowest BCUT2D eigenvalue weighted by Gasteiger charge is -2.33. The van der Waals surface area contributed by atoms with E-state index < -0.39 is 0 Å². The van der Waals surface area contributed by atoms with E-state index in [1.165, 1.54) is 0 Å². The molecule has 1 aromatic rings. The van der Waals surface area contributed by atoms with Gasteiger partial charge in [0.15, 0.2) is 0 Å². The number of nitrogens with two attached hydrogens (primary N) is 1. The zero-order valence-corrected chi connectivity index (χ0v) is 9.93. The van der Waals surface area contributed by atoms with E-state index in [2.05, 4.69) is 9.88 Å². The van der Waals surface area contributed by atoms with Gasteiger partial charge in [-0.05, 0) is 25.0 Å². The van der Waals surface area contributed by atoms with Crippen LogP contribution in [0.25, 0.3) is 0 Å². The van der Waals surface area contributed by atoms with Gasteiger partial charge < -0.3 is 20.1 Å². The molecule has 0 aromatic carbocycles. The van der Waals surface area contributed by atoms with Crippen molar-refractivity contribution in [3.63, 3.8) is 0 Å². The predicted molar refractivity (Wildman–Crippen MR) is 65.3 cm³/mol. The van der Waals surface area contributed by atoms with Gasteiger partial charge in [0.2, 0.25) is 5.88 Å². The molecule has 0 aliphatic carbocycles. The first-order chi connectivity index (χ1) is 8.26. The first kappa shape index (κ1) is 10.7. The van der Waals surface area contributed by atoms with Crippen molar-refractivity contribution in [1.82, 2.24) is 4.98 Å². The third kappa shape index (κ3) is 1.91. The van der Waals surface area contributed by atoms with Crippen LogP contribution >= 0.6 is 0 Å². The molecule has 0 saturated carbocycles. The van der Waals surface area contributed by atoms with Crippen LogP contribution in [0.2, 0.25) is 0 Å². The zero-order chi connectivity index (χ0) is 11.8. The van der Waals surface area contributed by atoms with Crippen molar-refractivity contribution >= 4 is 11.5 Å². The van der Waals surface area contributed by atoms with Gasteiger partial charge in [0.05, 0.1) is 25.0 Å². The normalized spacial score (nSPS) is 27.2. The number of methoxy groups -OCH3 is 1. The van der Waals surface area contributed by atoms with Crippen LogP contribution in [0.5, 0.6) is 5.88 Å². The summed E-state index contributed by atoms with van der Waals surface area (Å²) in [4.78, 5) is 6.69. The fourth-order valence-corrected chi connectivity index (χ4v) is 2.58. The Labute approximate surface area is 101 Å². The minimum absolute atomic E-state index is 0.360. The van der Waals surface area contributed by atoms with Gasteiger partial charge in [0, 0.05) is 13.1 Å². The molecule has 3 heterocycles. The van der Waals surface area contributed by atoms with Crippen molar-refractivity contribution in [2.45, 2.75) is 25.0 Å². The molecule has 5 heteroatoms. The molecule has 5 nitrogen and oxygen atoms in total. The van der Waals surface area contributed by atoms with Gasteiger partial charge in [-0.15, -0.1) is 0 Å². The standard InChI is InChI=1S/C12H17N3O2/c1-16-12-10(13)4-5-11(14-12)15-6-8-2-3-9(7-15)17-8/h4-5,8-9H,2-3,6-7,13H2,1H3. The van der Waals surface area contributed by atoms with E-state index in [9.17, 15) is 0 Å². The summed E-state index contributed by atoms with van der Waals surface area (Å²) in [6.45, 7) is 1.83. The van der Waals surface area contributed by atoms with E-state index in [4.69, 9.17) is 15.2 Å². The third-order valence-electron chi connectivity index (χ3n) is 3.44. The second-order valence-corrected chi connectivity index (χ2v) is 4.63. The molecule has 17 heavy (non-hydrogen) atoms. The van der Waals surface area contributed by atoms with Gasteiger partial charge >= 0.3 is 0 Å². The maximum Gasteiger partial charge on any atom is 0.238 e. The van der Waals surface area contributed by atoms with E-state index in [-0.39, 0.29) is 0 Å². The van der Waals surface area contributed by atoms with Gasteiger partial charge in [-0.3, -0.25) is 0 Å². The van der Waals surface area contributed by atoms with Crippen molar-refractivity contribution in [1.29, 1.82) is 0 Å². The molecule has 2 fully saturated rings. The summed E-state index contributed by atoms with van der Waals surface area (Å²) >= 11 is 0. The second-order valence-electron chi connectivity index (χ2n) is 4.63. The maximum atomic E-state index is 5.80. The van der Waals surface area contributed by atoms with Gasteiger partial charge in [0.1, 0.15) is 5.82 Å². The Balaban J connectivity index is 1.84. The SMILES string of the molecule is COc1nc(N2CC3CCC(C2)O3)ccc1N. The summed E-state index contributed by atoms with van der Waals surface area (Å²) in [5.41, 5.74) is 6.34. The topological polar surface area (TPSA) is 60.6 Å². The fraction of sp³-hybridized carbons (Fsp3) is 0.583. The molecule has 2 saturated heterocycles. The van der Waals surface area contributed by atoms with Crippen LogP contribution in [0.3, 0.4) is 0 Å². The number of aromatic nitrogens is 1. The maximum absolute atomic E-state index is 5.80. The van der Waals surface area contributed by atoms with Crippen LogP contribution in [-0.2, 0) is 4.74 Å². The number of ether oxygens (including phenoxy) is 2. The number of morpholine rings is 1. The Hall–Kier alpha value is -1.49. The quantitative estimate of drug-likeness (QED) is 0.830. The highest BCUT2D eigenvalue weighted by Crippen LogP contribution is 2.30. The van der Waals surface area contributed by atoms with Crippen LogP contribution in [0.4, 0.5) is 11.5 Å². The number of hydrogen-bond donors (Lipinski definition) is 1. The molecule has 2 aliphatic rings. The number of pyridine rings is 1. The van der Waals surface area contributed by atoms with E-state index >= 15 is 0 Å². The van der Waals surface area contributed by atoms with Gasteiger partial charge in [-0.1, -0.05) is 0 Å². The number of nitrogen functional groups attached to an aromatic ring is 1. The highest BCUT2D eigenvalue weighted by molar-refractivity contribution is 5.54. The molecule has 3 rings (SSSR count). The summed E-state index contributed by atoms with van der Waals surface area (Å²) in [6.07, 6.45) is 3.04. The van der Waals surface area contributed by atoms with Gasteiger partial charge in [-0.25, -0.2) is 0 Å². The van der Waals surface area contributed by atoms with E-state index in [1.54, 1.807) is 7.11 Å². The fourth-order valence-electron chi connectivity index (χ4n) is 2.58. The third-order valence-corrected chi connectivity index (χ3v) is 3.44. The largest absolute Gasteiger partial charge is 0.479 e. The first-order valence-corrected chi connectivity index (χ1v) is 5.97. The molecule has 1 aromatic heterocycles. The smallest absolute Gasteiger partial charge is 0.238 e. The van der Waals surface area contributed by atoms with Crippen molar-refractivity contribution in [2.24, 2.45) is 0 Å². The summed E-state index contributed by atoms with van der Waals surface area (Å²) in [5, 5.41) is 0. The highest BCUT2D eigenvalue weighted by atomic mass is 16.5. The van der Waals surface area contributed by atoms with Gasteiger partial charge in [-0.2, -0.15) is 4.98 Å². The number of fused-ring (bicyclic) bond motifs is 2. The summed E-state index contributed by atoms with van der Waals surface area (Å²) < 4.78 is 11.0. The van der Waals surface area contributed by atoms with Crippen molar-refractivity contribution in [3.05, 3.63) is 12.1 Å². The lowest BCUT2D eigenvalue weighted by atomic mass is 10.2. The lowest BCUT2D eigenvalue weighted by Crippen LogP contribution is -2.43. The summed E-state index contributed by atoms with van der Waals surface area (Å²) in [7, 11) is 1.59. The van der Waals surface area contributed by atoms with Crippen LogP contribution in [0.15, 0.2) is 12.1 Å². The van der Waals surface area contributed by atoms with E-state index in [0.717, 1.165) is 31.7 Å². The van der Waals surface area contributed by atoms with Crippen LogP contribution in [0.1, 0.15) is 12.8 Å². The monoisotopic (exact) mass is 235 g/mol. The number of anilines is 2. The summed E-state index contributed by atoms with van der Waals surface area (Å²) in [6, 6.07) is 3.79. The Kier molecular flexibility index (Phi) is 2.55. The Morgan fingerprint density at radius 3 is 2.71 bits per heavy atom. The van der Waals surface area contributed by atoms with Crippen LogP contribution in [-0.4, -0.2) is 37.4 Å². The van der Waals surface area contributed by atoms with Crippen molar-refractivity contribution < 1.29 is 9.47 Å². The molecular weight excluding hydrogens is 218 g/mol. The number of nitrogens with zero attached hydrogens (tertiary/aromatic N) is 2. The molecule has 0 amide bonds. The number of hydrogen-bond acceptors (Lipinski definition) is 5. The molecule has 2 unspecified atom stereocenters. The highest BCUT2D eigenvalue weighted by Gasteiger charge is 2.34. The van der Waals surface area contributed by atoms with E-state index in [1.807, 2.05) is 12.1 Å². The lowest BCUT2D eigenvalue weighted by molar-refractivity contribution is 0.0302. The number of rotatable bonds is 2. The average Bonchev–Trinajstić information content (AvgIpc) is 2.69. The molecule has 0 radical (unpaired) electrons. The van der Waals surface area contributed by atoms with Crippen LogP contribution < -0.4 is 15.4 Å². The Morgan fingerprint density at radius 2 is 2.06 bits per heavy atom. The minimum Gasteiger partial charge on any atom is -0.479 e. The average molecular weight is 235 g/mol. The molecular formula is C12H17N3O2. The zero-order valence-electron chi connectivity index (χ0n) is 9.93. The molecule has 92 valence electrons. The van der Waals surface area contributed by atoms with E-state index in [0.29, 0.717) is 23.8 Å². The predicted octanol–water partition coefficient (Wildman–Crippen LogP) is 1.04. The molecule has 2 aliphatic heterocycles. The molecule has 2 bridgehead atoms. The minimum atomic E-state index is 0.360. The van der Waals surface area contributed by atoms with Crippen molar-refractivity contribution in [3.8, 4) is 5.88 Å². The molecule has 2 atom stereocenters. The van der Waals surface area contributed by atoms with Crippen LogP contribution in [0, 0.1) is 0 Å². The Morgan fingerprint density at radius 1 is 1.35 bits per heavy atom.